The molecule has 0 atom stereocenters. The van der Waals surface area contributed by atoms with Crippen molar-refractivity contribution in [2.75, 3.05) is 24.1 Å². The highest BCUT2D eigenvalue weighted by molar-refractivity contribution is 7.13. The first kappa shape index (κ1) is 30.1. The topological polar surface area (TPSA) is 173 Å². The fourth-order valence-corrected chi connectivity index (χ4v) is 4.74. The number of aliphatic hydroxyl groups is 1. The number of aromatic nitrogens is 1. The molecule has 1 aromatic heterocycles. The number of aliphatic imine (C=N–C) groups is 1. The third-order valence-corrected chi connectivity index (χ3v) is 7.08. The number of anilines is 2. The monoisotopic (exact) mass is 584 g/mol. The zero-order valence-electron chi connectivity index (χ0n) is 23.3. The van der Waals surface area contributed by atoms with Crippen molar-refractivity contribution in [3.05, 3.63) is 88.9 Å². The SMILES string of the molecule is CC(C)(O)CCN=Cc1cc(NC(=O)c2csc(-c3ccccc3)n2)c(-c2ccc(C(=O)NCC(N)=O)cc2)cc1N. The lowest BCUT2D eigenvalue weighted by Gasteiger charge is -2.15. The second kappa shape index (κ2) is 13.2. The standard InChI is InChI=1S/C31H32N6O4S/c1-31(2,41)12-13-34-16-22-14-25(36-29(40)26-18-42-30(37-26)21-6-4-3-5-7-21)23(15-24(22)32)19-8-10-20(11-9-19)28(39)35-17-27(33)38/h3-11,14-16,18,41H,12-13,17,32H2,1-2H3,(H2,33,38)(H,35,39)(H,36,40). The van der Waals surface area contributed by atoms with Crippen LogP contribution in [-0.2, 0) is 4.79 Å². The minimum atomic E-state index is -0.846. The minimum absolute atomic E-state index is 0.267. The van der Waals surface area contributed by atoms with Gasteiger partial charge in [0.2, 0.25) is 5.91 Å². The zero-order valence-corrected chi connectivity index (χ0v) is 24.1. The van der Waals surface area contributed by atoms with Crippen molar-refractivity contribution in [1.29, 1.82) is 0 Å². The van der Waals surface area contributed by atoms with E-state index in [-0.39, 0.29) is 12.2 Å². The summed E-state index contributed by atoms with van der Waals surface area (Å²) in [4.78, 5) is 45.6. The molecule has 4 rings (SSSR count). The molecule has 0 unspecified atom stereocenters. The molecule has 1 heterocycles. The van der Waals surface area contributed by atoms with Crippen LogP contribution < -0.4 is 22.1 Å². The molecular formula is C31H32N6O4S. The average Bonchev–Trinajstić information content (AvgIpc) is 3.46. The molecule has 4 aromatic rings. The highest BCUT2D eigenvalue weighted by Gasteiger charge is 2.17. The average molecular weight is 585 g/mol. The molecule has 7 N–H and O–H groups in total. The van der Waals surface area contributed by atoms with Gasteiger partial charge >= 0.3 is 0 Å². The van der Waals surface area contributed by atoms with Crippen LogP contribution in [0.5, 0.6) is 0 Å². The summed E-state index contributed by atoms with van der Waals surface area (Å²) in [6.45, 7) is 3.56. The molecule has 216 valence electrons. The predicted octanol–water partition coefficient (Wildman–Crippen LogP) is 4.11. The molecule has 0 saturated heterocycles. The normalized spacial score (nSPS) is 11.4. The van der Waals surface area contributed by atoms with E-state index in [1.54, 1.807) is 61.8 Å². The number of nitrogens with two attached hydrogens (primary N) is 2. The van der Waals surface area contributed by atoms with Gasteiger partial charge in [0.05, 0.1) is 12.1 Å². The van der Waals surface area contributed by atoms with Gasteiger partial charge in [-0.3, -0.25) is 19.4 Å². The summed E-state index contributed by atoms with van der Waals surface area (Å²) < 4.78 is 0. The number of benzene rings is 3. The number of nitrogens with one attached hydrogen (secondary N) is 2. The van der Waals surface area contributed by atoms with E-state index >= 15 is 0 Å². The summed E-state index contributed by atoms with van der Waals surface area (Å²) in [5, 5.41) is 17.8. The summed E-state index contributed by atoms with van der Waals surface area (Å²) in [6, 6.07) is 19.7. The fraction of sp³-hybridized carbons (Fsp3) is 0.194. The molecule has 0 radical (unpaired) electrons. The van der Waals surface area contributed by atoms with E-state index < -0.39 is 23.3 Å². The van der Waals surface area contributed by atoms with Gasteiger partial charge < -0.3 is 27.2 Å². The fourth-order valence-electron chi connectivity index (χ4n) is 3.94. The smallest absolute Gasteiger partial charge is 0.275 e. The van der Waals surface area contributed by atoms with Crippen LogP contribution in [0.25, 0.3) is 21.7 Å². The van der Waals surface area contributed by atoms with Crippen LogP contribution in [0.15, 0.2) is 77.1 Å². The Labute approximate surface area is 247 Å². The van der Waals surface area contributed by atoms with E-state index in [0.717, 1.165) is 10.6 Å². The molecule has 0 aliphatic rings. The van der Waals surface area contributed by atoms with Crippen molar-refractivity contribution in [3.8, 4) is 21.7 Å². The van der Waals surface area contributed by atoms with Gasteiger partial charge in [-0.2, -0.15) is 0 Å². The lowest BCUT2D eigenvalue weighted by molar-refractivity contribution is -0.117. The van der Waals surface area contributed by atoms with Gasteiger partial charge in [-0.15, -0.1) is 11.3 Å². The molecule has 0 aliphatic heterocycles. The van der Waals surface area contributed by atoms with E-state index in [9.17, 15) is 19.5 Å². The summed E-state index contributed by atoms with van der Waals surface area (Å²) in [5.74, 6) is -1.48. The summed E-state index contributed by atoms with van der Waals surface area (Å²) in [6.07, 6.45) is 2.08. The van der Waals surface area contributed by atoms with E-state index in [4.69, 9.17) is 11.5 Å². The Morgan fingerprint density at radius 1 is 1.02 bits per heavy atom. The first-order valence-corrected chi connectivity index (χ1v) is 14.0. The van der Waals surface area contributed by atoms with E-state index in [1.165, 1.54) is 11.3 Å². The zero-order chi connectivity index (χ0) is 30.3. The number of carbonyl (C=O) groups is 3. The third-order valence-electron chi connectivity index (χ3n) is 6.19. The maximum atomic E-state index is 13.3. The van der Waals surface area contributed by atoms with Gasteiger partial charge in [-0.1, -0.05) is 42.5 Å². The molecular weight excluding hydrogens is 552 g/mol. The maximum absolute atomic E-state index is 13.3. The Hall–Kier alpha value is -4.87. The predicted molar refractivity (Wildman–Crippen MR) is 167 cm³/mol. The molecule has 0 aliphatic carbocycles. The van der Waals surface area contributed by atoms with Gasteiger partial charge in [-0.25, -0.2) is 4.98 Å². The Bertz CT molecular complexity index is 1610. The minimum Gasteiger partial charge on any atom is -0.398 e. The Kier molecular flexibility index (Phi) is 9.46. The van der Waals surface area contributed by atoms with E-state index in [0.29, 0.717) is 46.6 Å². The van der Waals surface area contributed by atoms with Crippen LogP contribution in [0, 0.1) is 0 Å². The number of hydrogen-bond acceptors (Lipinski definition) is 8. The highest BCUT2D eigenvalue weighted by Crippen LogP contribution is 2.33. The summed E-state index contributed by atoms with van der Waals surface area (Å²) in [7, 11) is 0. The molecule has 10 nitrogen and oxygen atoms in total. The van der Waals surface area contributed by atoms with Gasteiger partial charge in [0.25, 0.3) is 11.8 Å². The van der Waals surface area contributed by atoms with Crippen LogP contribution in [0.2, 0.25) is 0 Å². The van der Waals surface area contributed by atoms with Crippen LogP contribution >= 0.6 is 11.3 Å². The van der Waals surface area contributed by atoms with Crippen molar-refractivity contribution in [2.45, 2.75) is 25.9 Å². The number of thiazole rings is 1. The van der Waals surface area contributed by atoms with Gasteiger partial charge in [0, 0.05) is 51.8 Å². The number of nitrogens with zero attached hydrogens (tertiary/aromatic N) is 2. The lowest BCUT2D eigenvalue weighted by Crippen LogP contribution is -2.33. The third kappa shape index (κ3) is 8.09. The highest BCUT2D eigenvalue weighted by atomic mass is 32.1. The number of hydrogen-bond donors (Lipinski definition) is 5. The quantitative estimate of drug-likeness (QED) is 0.131. The number of nitrogen functional groups attached to an aromatic ring is 1. The van der Waals surface area contributed by atoms with Crippen molar-refractivity contribution in [3.63, 3.8) is 0 Å². The lowest BCUT2D eigenvalue weighted by atomic mass is 9.98. The van der Waals surface area contributed by atoms with Gasteiger partial charge in [-0.05, 0) is 50.1 Å². The summed E-state index contributed by atoms with van der Waals surface area (Å²) in [5.41, 5.74) is 15.0. The summed E-state index contributed by atoms with van der Waals surface area (Å²) >= 11 is 1.37. The van der Waals surface area contributed by atoms with E-state index in [2.05, 4.69) is 20.6 Å². The van der Waals surface area contributed by atoms with E-state index in [1.807, 2.05) is 30.3 Å². The van der Waals surface area contributed by atoms with Crippen LogP contribution in [-0.4, -0.2) is 52.7 Å². The van der Waals surface area contributed by atoms with Gasteiger partial charge in [0.15, 0.2) is 0 Å². The first-order chi connectivity index (χ1) is 20.0. The second-order valence-electron chi connectivity index (χ2n) is 10.2. The van der Waals surface area contributed by atoms with Crippen molar-refractivity contribution in [1.82, 2.24) is 10.3 Å². The molecule has 0 fully saturated rings. The molecule has 3 aromatic carbocycles. The molecule has 11 heteroatoms. The van der Waals surface area contributed by atoms with Crippen molar-refractivity contribution >= 4 is 46.6 Å². The Morgan fingerprint density at radius 2 is 1.74 bits per heavy atom. The first-order valence-electron chi connectivity index (χ1n) is 13.1. The maximum Gasteiger partial charge on any atom is 0.275 e. The number of rotatable bonds is 11. The van der Waals surface area contributed by atoms with Crippen molar-refractivity contribution < 1.29 is 19.5 Å². The number of primary amides is 1. The molecule has 0 spiro atoms. The molecule has 3 amide bonds. The molecule has 0 bridgehead atoms. The second-order valence-corrected chi connectivity index (χ2v) is 11.1. The van der Waals surface area contributed by atoms with Crippen molar-refractivity contribution in [2.24, 2.45) is 10.7 Å². The largest absolute Gasteiger partial charge is 0.398 e. The molecule has 42 heavy (non-hydrogen) atoms. The van der Waals surface area contributed by atoms with Gasteiger partial charge in [0.1, 0.15) is 10.7 Å². The van der Waals surface area contributed by atoms with Crippen LogP contribution in [0.3, 0.4) is 0 Å². The number of amides is 3. The number of carbonyl (C=O) groups excluding carboxylic acids is 3. The Morgan fingerprint density at radius 3 is 2.40 bits per heavy atom. The Balaban J connectivity index is 1.64. The molecule has 0 saturated carbocycles. The van der Waals surface area contributed by atoms with Crippen LogP contribution in [0.4, 0.5) is 11.4 Å². The van der Waals surface area contributed by atoms with Crippen LogP contribution in [0.1, 0.15) is 46.7 Å².